The van der Waals surface area contributed by atoms with Crippen molar-refractivity contribution in [1.82, 2.24) is 0 Å². The van der Waals surface area contributed by atoms with E-state index in [4.69, 9.17) is 0 Å². The molecule has 1 rings (SSSR count). The molecular formula is C7H10N2O2S. The fourth-order valence-corrected chi connectivity index (χ4v) is 1.29. The highest BCUT2D eigenvalue weighted by Crippen LogP contribution is 2.19. The molecule has 0 atom stereocenters. The molecule has 12 heavy (non-hydrogen) atoms. The predicted octanol–water partition coefficient (Wildman–Crippen LogP) is 0.667. The van der Waals surface area contributed by atoms with Gasteiger partial charge >= 0.3 is 0 Å². The maximum atomic E-state index is 10.3. The van der Waals surface area contributed by atoms with E-state index in [2.05, 4.69) is 10.0 Å². The van der Waals surface area contributed by atoms with Gasteiger partial charge in [0.05, 0.1) is 11.4 Å². The summed E-state index contributed by atoms with van der Waals surface area (Å²) in [6.45, 7) is 0. The lowest BCUT2D eigenvalue weighted by atomic mass is 10.3. The fraction of sp³-hybridized carbons (Fsp3) is 0.143. The van der Waals surface area contributed by atoms with Gasteiger partial charge in [-0.2, -0.15) is 0 Å². The van der Waals surface area contributed by atoms with Gasteiger partial charge in [-0.05, 0) is 12.1 Å². The standard InChI is InChI=1S/C7H10N2O2S/c1-8-6-4-2-3-5-7(6)9-12(10)11/h2-5,8,12H,1H3,(H,9,10,11). The third-order valence-electron chi connectivity index (χ3n) is 1.41. The molecule has 66 valence electrons. The van der Waals surface area contributed by atoms with E-state index in [1.807, 2.05) is 6.07 Å². The SMILES string of the molecule is CNc1ccccc1N[SH](=O)=O. The van der Waals surface area contributed by atoms with E-state index in [0.717, 1.165) is 5.69 Å². The predicted molar refractivity (Wildman–Crippen MR) is 49.9 cm³/mol. The van der Waals surface area contributed by atoms with Crippen molar-refractivity contribution >= 4 is 22.3 Å². The zero-order valence-corrected chi connectivity index (χ0v) is 7.47. The molecule has 0 saturated heterocycles. The Kier molecular flexibility index (Phi) is 2.93. The third kappa shape index (κ3) is 2.13. The van der Waals surface area contributed by atoms with Gasteiger partial charge in [0.2, 0.25) is 10.9 Å². The van der Waals surface area contributed by atoms with E-state index in [1.54, 1.807) is 25.2 Å². The maximum absolute atomic E-state index is 10.3. The Morgan fingerprint density at radius 2 is 1.75 bits per heavy atom. The number of hydrogen-bond acceptors (Lipinski definition) is 3. The van der Waals surface area contributed by atoms with Crippen LogP contribution in [0.15, 0.2) is 24.3 Å². The topological polar surface area (TPSA) is 58.2 Å². The number of thiol groups is 1. The maximum Gasteiger partial charge on any atom is 0.222 e. The highest BCUT2D eigenvalue weighted by atomic mass is 32.2. The summed E-state index contributed by atoms with van der Waals surface area (Å²) in [7, 11) is -0.854. The Labute approximate surface area is 72.7 Å². The molecule has 4 nitrogen and oxygen atoms in total. The molecule has 1 aromatic carbocycles. The Morgan fingerprint density at radius 3 is 2.25 bits per heavy atom. The Bertz CT molecular complexity index is 328. The summed E-state index contributed by atoms with van der Waals surface area (Å²) < 4.78 is 23.0. The minimum absolute atomic E-state index is 0.566. The zero-order valence-electron chi connectivity index (χ0n) is 6.57. The lowest BCUT2D eigenvalue weighted by molar-refractivity contribution is 0.619. The molecule has 0 radical (unpaired) electrons. The first-order chi connectivity index (χ1) is 5.74. The Hall–Kier alpha value is -1.23. The second kappa shape index (κ2) is 3.96. The molecule has 2 N–H and O–H groups in total. The molecule has 0 aliphatic carbocycles. The smallest absolute Gasteiger partial charge is 0.222 e. The van der Waals surface area contributed by atoms with Crippen molar-refractivity contribution in [1.29, 1.82) is 0 Å². The van der Waals surface area contributed by atoms with Crippen LogP contribution in [0, 0.1) is 0 Å². The van der Waals surface area contributed by atoms with Crippen molar-refractivity contribution in [3.05, 3.63) is 24.3 Å². The fourth-order valence-electron chi connectivity index (χ4n) is 0.897. The lowest BCUT2D eigenvalue weighted by Gasteiger charge is -2.05. The van der Waals surface area contributed by atoms with Crippen molar-refractivity contribution in [2.45, 2.75) is 0 Å². The van der Waals surface area contributed by atoms with Gasteiger partial charge in [0.15, 0.2) is 0 Å². The van der Waals surface area contributed by atoms with Crippen molar-refractivity contribution < 1.29 is 8.42 Å². The number of benzene rings is 1. The van der Waals surface area contributed by atoms with Crippen molar-refractivity contribution in [3.8, 4) is 0 Å². The molecule has 0 spiro atoms. The number of nitrogens with one attached hydrogen (secondary N) is 2. The summed E-state index contributed by atoms with van der Waals surface area (Å²) >= 11 is 0. The van der Waals surface area contributed by atoms with Crippen LogP contribution in [0.4, 0.5) is 11.4 Å². The van der Waals surface area contributed by atoms with Gasteiger partial charge in [0.1, 0.15) is 0 Å². The number of anilines is 2. The molecule has 5 heteroatoms. The molecular weight excluding hydrogens is 176 g/mol. The van der Waals surface area contributed by atoms with Crippen LogP contribution in [-0.2, 0) is 10.9 Å². The minimum atomic E-state index is -2.59. The Morgan fingerprint density at radius 1 is 1.17 bits per heavy atom. The van der Waals surface area contributed by atoms with Crippen LogP contribution < -0.4 is 10.0 Å². The van der Waals surface area contributed by atoms with Crippen molar-refractivity contribution in [2.24, 2.45) is 0 Å². The first-order valence-electron chi connectivity index (χ1n) is 3.42. The zero-order chi connectivity index (χ0) is 8.97. The molecule has 0 aliphatic rings. The molecule has 1 aromatic rings. The lowest BCUT2D eigenvalue weighted by Crippen LogP contribution is -1.99. The molecule has 0 aliphatic heterocycles. The summed E-state index contributed by atoms with van der Waals surface area (Å²) in [5, 5.41) is 2.87. The highest BCUT2D eigenvalue weighted by molar-refractivity contribution is 7.73. The summed E-state index contributed by atoms with van der Waals surface area (Å²) in [6.07, 6.45) is 0. The van der Waals surface area contributed by atoms with Gasteiger partial charge < -0.3 is 5.32 Å². The number of para-hydroxylation sites is 2. The van der Waals surface area contributed by atoms with Crippen LogP contribution >= 0.6 is 0 Å². The van der Waals surface area contributed by atoms with Gasteiger partial charge in [0.25, 0.3) is 0 Å². The van der Waals surface area contributed by atoms with Crippen LogP contribution in [0.3, 0.4) is 0 Å². The van der Waals surface area contributed by atoms with Gasteiger partial charge in [-0.1, -0.05) is 12.1 Å². The largest absolute Gasteiger partial charge is 0.386 e. The third-order valence-corrected chi connectivity index (χ3v) is 1.83. The summed E-state index contributed by atoms with van der Waals surface area (Å²) in [4.78, 5) is 0. The van der Waals surface area contributed by atoms with Crippen LogP contribution in [0.25, 0.3) is 0 Å². The van der Waals surface area contributed by atoms with E-state index >= 15 is 0 Å². The highest BCUT2D eigenvalue weighted by Gasteiger charge is 1.97. The second-order valence-electron chi connectivity index (χ2n) is 2.16. The Balaban J connectivity index is 2.96. The molecule has 0 unspecified atom stereocenters. The van der Waals surface area contributed by atoms with E-state index < -0.39 is 10.9 Å². The molecule has 0 aromatic heterocycles. The molecule has 0 fully saturated rings. The van der Waals surface area contributed by atoms with E-state index in [-0.39, 0.29) is 0 Å². The van der Waals surface area contributed by atoms with Gasteiger partial charge in [0, 0.05) is 7.05 Å². The van der Waals surface area contributed by atoms with Gasteiger partial charge in [-0.25, -0.2) is 8.42 Å². The molecule has 0 bridgehead atoms. The van der Waals surface area contributed by atoms with Crippen LogP contribution in [0.1, 0.15) is 0 Å². The summed E-state index contributed by atoms with van der Waals surface area (Å²) in [6, 6.07) is 7.08. The van der Waals surface area contributed by atoms with E-state index in [0.29, 0.717) is 5.69 Å². The van der Waals surface area contributed by atoms with Gasteiger partial charge in [-0.3, -0.25) is 4.72 Å². The van der Waals surface area contributed by atoms with Crippen LogP contribution in [0.5, 0.6) is 0 Å². The average Bonchev–Trinajstić information content (AvgIpc) is 2.04. The molecule has 0 amide bonds. The minimum Gasteiger partial charge on any atom is -0.386 e. The number of hydrogen-bond donors (Lipinski definition) is 3. The van der Waals surface area contributed by atoms with E-state index in [1.165, 1.54) is 0 Å². The number of rotatable bonds is 3. The van der Waals surface area contributed by atoms with Crippen LogP contribution in [-0.4, -0.2) is 15.5 Å². The summed E-state index contributed by atoms with van der Waals surface area (Å²) in [5.41, 5.74) is 1.33. The normalized spacial score (nSPS) is 9.83. The van der Waals surface area contributed by atoms with Crippen molar-refractivity contribution in [2.75, 3.05) is 17.1 Å². The first kappa shape index (κ1) is 8.86. The molecule has 0 saturated carbocycles. The quantitative estimate of drug-likeness (QED) is 0.608. The average molecular weight is 186 g/mol. The van der Waals surface area contributed by atoms with Crippen molar-refractivity contribution in [3.63, 3.8) is 0 Å². The second-order valence-corrected chi connectivity index (χ2v) is 2.90. The monoisotopic (exact) mass is 186 g/mol. The van der Waals surface area contributed by atoms with Crippen LogP contribution in [0.2, 0.25) is 0 Å². The molecule has 0 heterocycles. The first-order valence-corrected chi connectivity index (χ1v) is 4.59. The summed E-state index contributed by atoms with van der Waals surface area (Å²) in [5.74, 6) is 0. The van der Waals surface area contributed by atoms with Gasteiger partial charge in [-0.15, -0.1) is 0 Å². The van der Waals surface area contributed by atoms with E-state index in [9.17, 15) is 8.42 Å².